The first kappa shape index (κ1) is 21.9. The number of aromatic hydroxyl groups is 1. The molecule has 0 saturated carbocycles. The van der Waals surface area contributed by atoms with Crippen molar-refractivity contribution in [3.63, 3.8) is 0 Å². The molecule has 1 aliphatic heterocycles. The molecule has 1 aromatic carbocycles. The van der Waals surface area contributed by atoms with Crippen LogP contribution in [0, 0.1) is 11.7 Å². The van der Waals surface area contributed by atoms with Gasteiger partial charge in [0.2, 0.25) is 0 Å². The standard InChI is InChI=1S/C17H26FN3O3.HI/c1-19-17(21-10-13-3-4-16(22)15(18)9-13)20-6-2-7-23-11-14-5-8-24-12-14;/h3-4,9,14,22H,2,5-8,10-12H2,1H3,(H2,19,20,21);1H. The predicted molar refractivity (Wildman–Crippen MR) is 106 cm³/mol. The van der Waals surface area contributed by atoms with Gasteiger partial charge in [0.25, 0.3) is 0 Å². The minimum absolute atomic E-state index is 0. The highest BCUT2D eigenvalue weighted by atomic mass is 127. The number of rotatable bonds is 8. The van der Waals surface area contributed by atoms with Crippen LogP contribution in [-0.2, 0) is 16.0 Å². The highest BCUT2D eigenvalue weighted by Gasteiger charge is 2.15. The van der Waals surface area contributed by atoms with Crippen LogP contribution in [0.25, 0.3) is 0 Å². The third kappa shape index (κ3) is 8.19. The normalized spacial score (nSPS) is 17.2. The lowest BCUT2D eigenvalue weighted by Crippen LogP contribution is -2.37. The number of ether oxygens (including phenoxy) is 2. The molecule has 8 heteroatoms. The summed E-state index contributed by atoms with van der Waals surface area (Å²) >= 11 is 0. The second kappa shape index (κ2) is 12.3. The van der Waals surface area contributed by atoms with Gasteiger partial charge >= 0.3 is 0 Å². The first-order chi connectivity index (χ1) is 11.7. The van der Waals surface area contributed by atoms with Gasteiger partial charge in [-0.1, -0.05) is 6.07 Å². The van der Waals surface area contributed by atoms with Gasteiger partial charge in [-0.05, 0) is 30.5 Å². The number of benzene rings is 1. The summed E-state index contributed by atoms with van der Waals surface area (Å²) in [6.07, 6.45) is 1.97. The summed E-state index contributed by atoms with van der Waals surface area (Å²) in [4.78, 5) is 4.12. The number of halogens is 2. The fourth-order valence-electron chi connectivity index (χ4n) is 2.41. The van der Waals surface area contributed by atoms with Gasteiger partial charge < -0.3 is 25.2 Å². The molecule has 1 atom stereocenters. The fraction of sp³-hybridized carbons (Fsp3) is 0.588. The minimum atomic E-state index is -0.623. The van der Waals surface area contributed by atoms with Crippen LogP contribution < -0.4 is 10.6 Å². The maximum atomic E-state index is 13.3. The summed E-state index contributed by atoms with van der Waals surface area (Å²) < 4.78 is 24.2. The molecule has 6 nitrogen and oxygen atoms in total. The van der Waals surface area contributed by atoms with Crippen molar-refractivity contribution in [1.82, 2.24) is 10.6 Å². The van der Waals surface area contributed by atoms with E-state index in [2.05, 4.69) is 15.6 Å². The Labute approximate surface area is 165 Å². The second-order valence-corrected chi connectivity index (χ2v) is 5.80. The monoisotopic (exact) mass is 467 g/mol. The van der Waals surface area contributed by atoms with E-state index >= 15 is 0 Å². The number of phenols is 1. The smallest absolute Gasteiger partial charge is 0.191 e. The first-order valence-corrected chi connectivity index (χ1v) is 8.26. The molecule has 1 aromatic rings. The van der Waals surface area contributed by atoms with Gasteiger partial charge in [-0.2, -0.15) is 0 Å². The van der Waals surface area contributed by atoms with Gasteiger partial charge in [0.05, 0.1) is 13.2 Å². The van der Waals surface area contributed by atoms with E-state index in [0.717, 1.165) is 44.8 Å². The lowest BCUT2D eigenvalue weighted by atomic mass is 10.1. The minimum Gasteiger partial charge on any atom is -0.505 e. The van der Waals surface area contributed by atoms with Crippen LogP contribution in [0.2, 0.25) is 0 Å². The Balaban J connectivity index is 0.00000312. The summed E-state index contributed by atoms with van der Waals surface area (Å²) in [5.74, 6) is 0.221. The van der Waals surface area contributed by atoms with Crippen LogP contribution in [0.15, 0.2) is 23.2 Å². The second-order valence-electron chi connectivity index (χ2n) is 5.80. The summed E-state index contributed by atoms with van der Waals surface area (Å²) in [5, 5.41) is 15.5. The number of hydrogen-bond acceptors (Lipinski definition) is 4. The lowest BCUT2D eigenvalue weighted by Gasteiger charge is -2.13. The highest BCUT2D eigenvalue weighted by Crippen LogP contribution is 2.15. The van der Waals surface area contributed by atoms with Crippen LogP contribution in [0.3, 0.4) is 0 Å². The highest BCUT2D eigenvalue weighted by molar-refractivity contribution is 14.0. The SMILES string of the molecule is CN=C(NCCCOCC1CCOC1)NCc1ccc(O)c(F)c1.I. The largest absolute Gasteiger partial charge is 0.505 e. The first-order valence-electron chi connectivity index (χ1n) is 8.26. The Morgan fingerprint density at radius 1 is 1.44 bits per heavy atom. The average molecular weight is 467 g/mol. The van der Waals surface area contributed by atoms with Gasteiger partial charge in [-0.3, -0.25) is 4.99 Å². The van der Waals surface area contributed by atoms with E-state index in [1.165, 1.54) is 12.1 Å². The molecule has 0 aromatic heterocycles. The lowest BCUT2D eigenvalue weighted by molar-refractivity contribution is 0.0888. The predicted octanol–water partition coefficient (Wildman–Crippen LogP) is 2.26. The zero-order chi connectivity index (χ0) is 17.2. The Morgan fingerprint density at radius 3 is 2.96 bits per heavy atom. The molecule has 0 radical (unpaired) electrons. The molecule has 1 fully saturated rings. The molecule has 1 aliphatic rings. The summed E-state index contributed by atoms with van der Waals surface area (Å²) in [6.45, 7) is 4.29. The third-order valence-corrected chi connectivity index (χ3v) is 3.83. The van der Waals surface area contributed by atoms with Crippen molar-refractivity contribution in [3.05, 3.63) is 29.6 Å². The van der Waals surface area contributed by atoms with Crippen LogP contribution in [0.4, 0.5) is 4.39 Å². The maximum absolute atomic E-state index is 13.3. The zero-order valence-electron chi connectivity index (χ0n) is 14.5. The third-order valence-electron chi connectivity index (χ3n) is 3.83. The zero-order valence-corrected chi connectivity index (χ0v) is 16.8. The van der Waals surface area contributed by atoms with Crippen molar-refractivity contribution in [3.8, 4) is 5.75 Å². The summed E-state index contributed by atoms with van der Waals surface area (Å²) in [7, 11) is 1.68. The number of nitrogens with one attached hydrogen (secondary N) is 2. The summed E-state index contributed by atoms with van der Waals surface area (Å²) in [6, 6.07) is 4.31. The Bertz CT molecular complexity index is 540. The van der Waals surface area contributed by atoms with E-state index in [-0.39, 0.29) is 29.7 Å². The number of guanidine groups is 1. The van der Waals surface area contributed by atoms with E-state index in [1.807, 2.05) is 0 Å². The maximum Gasteiger partial charge on any atom is 0.191 e. The van der Waals surface area contributed by atoms with Crippen molar-refractivity contribution in [1.29, 1.82) is 0 Å². The van der Waals surface area contributed by atoms with E-state index in [1.54, 1.807) is 13.1 Å². The molecule has 0 spiro atoms. The van der Waals surface area contributed by atoms with Gasteiger partial charge in [0.1, 0.15) is 0 Å². The molecule has 1 heterocycles. The van der Waals surface area contributed by atoms with Crippen LogP contribution >= 0.6 is 24.0 Å². The van der Waals surface area contributed by atoms with Crippen molar-refractivity contribution in [2.45, 2.75) is 19.4 Å². The van der Waals surface area contributed by atoms with Gasteiger partial charge in [-0.15, -0.1) is 24.0 Å². The number of phenolic OH excluding ortho intramolecular Hbond substituents is 1. The number of hydrogen-bond donors (Lipinski definition) is 3. The molecule has 25 heavy (non-hydrogen) atoms. The van der Waals surface area contributed by atoms with Crippen LogP contribution in [0.5, 0.6) is 5.75 Å². The fourth-order valence-corrected chi connectivity index (χ4v) is 2.41. The molecule has 0 amide bonds. The summed E-state index contributed by atoms with van der Waals surface area (Å²) in [5.41, 5.74) is 0.732. The molecule has 3 N–H and O–H groups in total. The van der Waals surface area contributed by atoms with Gasteiger partial charge in [0.15, 0.2) is 17.5 Å². The van der Waals surface area contributed by atoms with E-state index < -0.39 is 5.82 Å². The van der Waals surface area contributed by atoms with E-state index in [4.69, 9.17) is 9.47 Å². The molecule has 0 aliphatic carbocycles. The number of nitrogens with zero attached hydrogens (tertiary/aromatic N) is 1. The van der Waals surface area contributed by atoms with Crippen molar-refractivity contribution < 1.29 is 19.0 Å². The topological polar surface area (TPSA) is 75.1 Å². The van der Waals surface area contributed by atoms with E-state index in [0.29, 0.717) is 25.0 Å². The molecule has 142 valence electrons. The van der Waals surface area contributed by atoms with Crippen molar-refractivity contribution >= 4 is 29.9 Å². The average Bonchev–Trinajstić information content (AvgIpc) is 3.10. The molecule has 2 rings (SSSR count). The quantitative estimate of drug-likeness (QED) is 0.237. The van der Waals surface area contributed by atoms with E-state index in [9.17, 15) is 9.50 Å². The van der Waals surface area contributed by atoms with Crippen molar-refractivity contribution in [2.24, 2.45) is 10.9 Å². The Kier molecular flexibility index (Phi) is 10.7. The Hall–Kier alpha value is -1.13. The van der Waals surface area contributed by atoms with Crippen LogP contribution in [0.1, 0.15) is 18.4 Å². The Morgan fingerprint density at radius 2 is 2.28 bits per heavy atom. The number of aliphatic imine (C=N–C) groups is 1. The van der Waals surface area contributed by atoms with Gasteiger partial charge in [-0.25, -0.2) is 4.39 Å². The molecule has 1 saturated heterocycles. The molecule has 1 unspecified atom stereocenters. The van der Waals surface area contributed by atoms with Crippen molar-refractivity contribution in [2.75, 3.05) is 40.0 Å². The van der Waals surface area contributed by atoms with Gasteiger partial charge in [0, 0.05) is 39.3 Å². The van der Waals surface area contributed by atoms with Crippen LogP contribution in [-0.4, -0.2) is 51.1 Å². The molecular formula is C17H27FIN3O3. The molecular weight excluding hydrogens is 440 g/mol. The molecule has 0 bridgehead atoms.